The molecule has 0 bridgehead atoms. The Morgan fingerprint density at radius 1 is 1.20 bits per heavy atom. The number of nitrogens with one attached hydrogen (secondary N) is 1. The molecule has 1 heterocycles. The zero-order valence-corrected chi connectivity index (χ0v) is 12.9. The SMILES string of the molecule is Cc1nc(Br)ccc1NS(=O)(=O)c1ccc(C#N)cc1. The molecular weight excluding hydrogens is 342 g/mol. The fraction of sp³-hybridized carbons (Fsp3) is 0.0769. The molecule has 2 aromatic rings. The van der Waals surface area contributed by atoms with Crippen LogP contribution in [-0.4, -0.2) is 13.4 Å². The molecule has 0 aliphatic carbocycles. The summed E-state index contributed by atoms with van der Waals surface area (Å²) < 4.78 is 27.5. The van der Waals surface area contributed by atoms with E-state index >= 15 is 0 Å². The minimum Gasteiger partial charge on any atom is -0.278 e. The summed E-state index contributed by atoms with van der Waals surface area (Å²) in [5.74, 6) is 0. The van der Waals surface area contributed by atoms with E-state index < -0.39 is 10.0 Å². The molecule has 0 amide bonds. The van der Waals surface area contributed by atoms with Gasteiger partial charge in [-0.3, -0.25) is 4.72 Å². The number of hydrogen-bond acceptors (Lipinski definition) is 4. The van der Waals surface area contributed by atoms with Gasteiger partial charge in [-0.1, -0.05) is 0 Å². The van der Waals surface area contributed by atoms with E-state index in [2.05, 4.69) is 25.6 Å². The van der Waals surface area contributed by atoms with Crippen LogP contribution >= 0.6 is 15.9 Å². The lowest BCUT2D eigenvalue weighted by Gasteiger charge is -2.10. The molecule has 5 nitrogen and oxygen atoms in total. The average Bonchev–Trinajstić information content (AvgIpc) is 2.42. The van der Waals surface area contributed by atoms with Crippen molar-refractivity contribution in [3.8, 4) is 6.07 Å². The molecule has 0 atom stereocenters. The summed E-state index contributed by atoms with van der Waals surface area (Å²) in [5, 5.41) is 8.70. The van der Waals surface area contributed by atoms with Crippen LogP contribution in [0.15, 0.2) is 45.9 Å². The smallest absolute Gasteiger partial charge is 0.261 e. The Hall–Kier alpha value is -1.91. The molecule has 1 aromatic carbocycles. The van der Waals surface area contributed by atoms with Crippen LogP contribution in [0.25, 0.3) is 0 Å². The van der Waals surface area contributed by atoms with Crippen molar-refractivity contribution in [1.29, 1.82) is 5.26 Å². The van der Waals surface area contributed by atoms with Gasteiger partial charge in [0, 0.05) is 0 Å². The van der Waals surface area contributed by atoms with Crippen LogP contribution in [-0.2, 0) is 10.0 Å². The number of halogens is 1. The highest BCUT2D eigenvalue weighted by molar-refractivity contribution is 9.10. The highest BCUT2D eigenvalue weighted by atomic mass is 79.9. The standard InChI is InChI=1S/C13H10BrN3O2S/c1-9-12(6-7-13(14)16-9)17-20(18,19)11-4-2-10(8-15)3-5-11/h2-7,17H,1H3. The monoisotopic (exact) mass is 351 g/mol. The van der Waals surface area contributed by atoms with E-state index in [1.165, 1.54) is 24.3 Å². The minimum absolute atomic E-state index is 0.0961. The molecule has 7 heteroatoms. The number of aryl methyl sites for hydroxylation is 1. The molecule has 1 N–H and O–H groups in total. The van der Waals surface area contributed by atoms with Gasteiger partial charge in [0.05, 0.1) is 27.9 Å². The molecule has 0 radical (unpaired) electrons. The second-order valence-corrected chi connectivity index (χ2v) is 6.50. The first-order valence-corrected chi connectivity index (χ1v) is 7.86. The first-order chi connectivity index (χ1) is 9.42. The maximum Gasteiger partial charge on any atom is 0.261 e. The van der Waals surface area contributed by atoms with Crippen molar-refractivity contribution in [1.82, 2.24) is 4.98 Å². The van der Waals surface area contributed by atoms with Gasteiger partial charge in [-0.25, -0.2) is 13.4 Å². The fourth-order valence-corrected chi connectivity index (χ4v) is 3.07. The molecule has 0 unspecified atom stereocenters. The fourth-order valence-electron chi connectivity index (χ4n) is 1.55. The molecular formula is C13H10BrN3O2S. The van der Waals surface area contributed by atoms with Gasteiger partial charge in [0.1, 0.15) is 4.60 Å². The van der Waals surface area contributed by atoms with Crippen LogP contribution in [0.1, 0.15) is 11.3 Å². The molecule has 0 saturated carbocycles. The number of nitriles is 1. The molecule has 0 spiro atoms. The van der Waals surface area contributed by atoms with E-state index in [1.807, 2.05) is 6.07 Å². The molecule has 20 heavy (non-hydrogen) atoms. The number of sulfonamides is 1. The largest absolute Gasteiger partial charge is 0.278 e. The lowest BCUT2D eigenvalue weighted by atomic mass is 10.2. The second kappa shape index (κ2) is 5.61. The molecule has 1 aromatic heterocycles. The van der Waals surface area contributed by atoms with Gasteiger partial charge in [-0.05, 0) is 59.3 Å². The van der Waals surface area contributed by atoms with Crippen molar-refractivity contribution < 1.29 is 8.42 Å². The lowest BCUT2D eigenvalue weighted by Crippen LogP contribution is -2.14. The minimum atomic E-state index is -3.69. The van der Waals surface area contributed by atoms with E-state index in [1.54, 1.807) is 19.1 Å². The highest BCUT2D eigenvalue weighted by Crippen LogP contribution is 2.20. The Balaban J connectivity index is 2.33. The summed E-state index contributed by atoms with van der Waals surface area (Å²) >= 11 is 3.22. The molecule has 0 saturated heterocycles. The van der Waals surface area contributed by atoms with Crippen molar-refractivity contribution in [2.24, 2.45) is 0 Å². The Labute approximate surface area is 125 Å². The Morgan fingerprint density at radius 3 is 2.40 bits per heavy atom. The van der Waals surface area contributed by atoms with Crippen molar-refractivity contribution in [3.63, 3.8) is 0 Å². The van der Waals surface area contributed by atoms with Crippen LogP contribution in [0, 0.1) is 18.3 Å². The molecule has 102 valence electrons. The van der Waals surface area contributed by atoms with Crippen LogP contribution < -0.4 is 4.72 Å². The normalized spacial score (nSPS) is 10.8. The van der Waals surface area contributed by atoms with Crippen LogP contribution in [0.5, 0.6) is 0 Å². The van der Waals surface area contributed by atoms with E-state index in [4.69, 9.17) is 5.26 Å². The van der Waals surface area contributed by atoms with Crippen LogP contribution in [0.3, 0.4) is 0 Å². The summed E-state index contributed by atoms with van der Waals surface area (Å²) in [6.45, 7) is 1.71. The number of pyridine rings is 1. The summed E-state index contributed by atoms with van der Waals surface area (Å²) in [7, 11) is -3.69. The van der Waals surface area contributed by atoms with Crippen LogP contribution in [0.4, 0.5) is 5.69 Å². The second-order valence-electron chi connectivity index (χ2n) is 4.01. The van der Waals surface area contributed by atoms with Crippen molar-refractivity contribution in [2.45, 2.75) is 11.8 Å². The van der Waals surface area contributed by atoms with Gasteiger partial charge >= 0.3 is 0 Å². The molecule has 0 aliphatic rings. The zero-order chi connectivity index (χ0) is 14.8. The summed E-state index contributed by atoms with van der Waals surface area (Å²) in [6.07, 6.45) is 0. The zero-order valence-electron chi connectivity index (χ0n) is 10.5. The highest BCUT2D eigenvalue weighted by Gasteiger charge is 2.15. The summed E-state index contributed by atoms with van der Waals surface area (Å²) in [6, 6.07) is 10.9. The summed E-state index contributed by atoms with van der Waals surface area (Å²) in [5.41, 5.74) is 1.39. The topological polar surface area (TPSA) is 82.8 Å². The number of rotatable bonds is 3. The van der Waals surface area contributed by atoms with Gasteiger partial charge < -0.3 is 0 Å². The molecule has 0 aliphatic heterocycles. The van der Waals surface area contributed by atoms with Crippen molar-refractivity contribution in [3.05, 3.63) is 52.3 Å². The Bertz CT molecular complexity index is 780. The maximum absolute atomic E-state index is 12.2. The van der Waals surface area contributed by atoms with Crippen molar-refractivity contribution >= 4 is 31.6 Å². The van der Waals surface area contributed by atoms with E-state index in [9.17, 15) is 8.42 Å². The van der Waals surface area contributed by atoms with E-state index in [0.717, 1.165) is 0 Å². The third-order valence-electron chi connectivity index (χ3n) is 2.59. The summed E-state index contributed by atoms with van der Waals surface area (Å²) in [4.78, 5) is 4.22. The average molecular weight is 352 g/mol. The third kappa shape index (κ3) is 3.15. The number of aromatic nitrogens is 1. The van der Waals surface area contributed by atoms with Gasteiger partial charge in [-0.2, -0.15) is 5.26 Å². The van der Waals surface area contributed by atoms with E-state index in [-0.39, 0.29) is 4.90 Å². The quantitative estimate of drug-likeness (QED) is 0.861. The van der Waals surface area contributed by atoms with Gasteiger partial charge in [0.15, 0.2) is 0 Å². The predicted molar refractivity (Wildman–Crippen MR) is 78.6 cm³/mol. The van der Waals surface area contributed by atoms with E-state index in [0.29, 0.717) is 21.5 Å². The van der Waals surface area contributed by atoms with Gasteiger partial charge in [-0.15, -0.1) is 0 Å². The first kappa shape index (κ1) is 14.5. The van der Waals surface area contributed by atoms with Gasteiger partial charge in [0.2, 0.25) is 0 Å². The Morgan fingerprint density at radius 2 is 1.85 bits per heavy atom. The van der Waals surface area contributed by atoms with Crippen molar-refractivity contribution in [2.75, 3.05) is 4.72 Å². The lowest BCUT2D eigenvalue weighted by molar-refractivity contribution is 0.601. The Kier molecular flexibility index (Phi) is 4.06. The van der Waals surface area contributed by atoms with Gasteiger partial charge in [0.25, 0.3) is 10.0 Å². The molecule has 2 rings (SSSR count). The van der Waals surface area contributed by atoms with Crippen LogP contribution in [0.2, 0.25) is 0 Å². The number of anilines is 1. The number of nitrogens with zero attached hydrogens (tertiary/aromatic N) is 2. The first-order valence-electron chi connectivity index (χ1n) is 5.58. The number of hydrogen-bond donors (Lipinski definition) is 1. The maximum atomic E-state index is 12.2. The third-order valence-corrected chi connectivity index (χ3v) is 4.41. The predicted octanol–water partition coefficient (Wildman–Crippen LogP) is 2.83. The number of benzene rings is 1. The molecule has 0 fully saturated rings.